The highest BCUT2D eigenvalue weighted by molar-refractivity contribution is 5.23. The van der Waals surface area contributed by atoms with Gasteiger partial charge in [0, 0.05) is 24.5 Å². The average Bonchev–Trinajstić information content (AvgIpc) is 2.38. The maximum atomic E-state index is 3.62. The predicted octanol–water partition coefficient (Wildman–Crippen LogP) is 2.94. The molecule has 0 saturated heterocycles. The van der Waals surface area contributed by atoms with Gasteiger partial charge in [-0.3, -0.25) is 0 Å². The summed E-state index contributed by atoms with van der Waals surface area (Å²) in [5.41, 5.74) is 1.58. The van der Waals surface area contributed by atoms with Crippen LogP contribution in [-0.4, -0.2) is 25.7 Å². The molecule has 0 bridgehead atoms. The fraction of sp³-hybridized carbons (Fsp3) is 0.625. The number of hydrogen-bond acceptors (Lipinski definition) is 2. The molecule has 1 atom stereocenters. The molecule has 0 aliphatic rings. The minimum absolute atomic E-state index is 0.181. The molecule has 0 aromatic heterocycles. The molecule has 18 heavy (non-hydrogen) atoms. The number of hydrogen-bond donors (Lipinski definition) is 2. The summed E-state index contributed by atoms with van der Waals surface area (Å²) in [4.78, 5) is 0. The van der Waals surface area contributed by atoms with E-state index in [1.54, 1.807) is 0 Å². The summed E-state index contributed by atoms with van der Waals surface area (Å²) in [6, 6.07) is 11.2. The minimum atomic E-state index is 0.181. The summed E-state index contributed by atoms with van der Waals surface area (Å²) in [6.45, 7) is 12.2. The van der Waals surface area contributed by atoms with Gasteiger partial charge in [0.1, 0.15) is 0 Å². The van der Waals surface area contributed by atoms with E-state index in [1.165, 1.54) is 12.0 Å². The van der Waals surface area contributed by atoms with Crippen LogP contribution in [0.15, 0.2) is 30.3 Å². The number of nitrogens with one attached hydrogen (secondary N) is 2. The van der Waals surface area contributed by atoms with Crippen LogP contribution in [0.3, 0.4) is 0 Å². The summed E-state index contributed by atoms with van der Waals surface area (Å²) in [5, 5.41) is 7.07. The van der Waals surface area contributed by atoms with E-state index < -0.39 is 0 Å². The Kier molecular flexibility index (Phi) is 6.37. The molecule has 0 fully saturated rings. The molecular formula is C16H28N2. The van der Waals surface area contributed by atoms with E-state index in [0.717, 1.165) is 19.6 Å². The molecule has 0 spiro atoms. The zero-order valence-corrected chi connectivity index (χ0v) is 12.3. The van der Waals surface area contributed by atoms with Gasteiger partial charge in [-0.1, -0.05) is 51.1 Å². The van der Waals surface area contributed by atoms with Crippen LogP contribution in [0.5, 0.6) is 0 Å². The predicted molar refractivity (Wildman–Crippen MR) is 80.1 cm³/mol. The van der Waals surface area contributed by atoms with Crippen LogP contribution in [0.4, 0.5) is 0 Å². The zero-order valence-electron chi connectivity index (χ0n) is 12.3. The van der Waals surface area contributed by atoms with E-state index >= 15 is 0 Å². The number of rotatable bonds is 8. The first-order valence-corrected chi connectivity index (χ1v) is 7.06. The lowest BCUT2D eigenvalue weighted by Gasteiger charge is -2.28. The Bertz CT molecular complexity index is 319. The second kappa shape index (κ2) is 7.55. The Morgan fingerprint density at radius 2 is 1.83 bits per heavy atom. The van der Waals surface area contributed by atoms with Crippen molar-refractivity contribution in [3.8, 4) is 0 Å². The Hall–Kier alpha value is -0.860. The second-order valence-electron chi connectivity index (χ2n) is 5.74. The molecule has 0 aliphatic carbocycles. The number of benzene rings is 1. The molecule has 2 N–H and O–H groups in total. The molecule has 0 saturated carbocycles. The summed E-state index contributed by atoms with van der Waals surface area (Å²) in [6.07, 6.45) is 1.20. The molecule has 102 valence electrons. The van der Waals surface area contributed by atoms with E-state index in [-0.39, 0.29) is 5.41 Å². The summed E-state index contributed by atoms with van der Waals surface area (Å²) in [7, 11) is 0. The third-order valence-electron chi connectivity index (χ3n) is 3.33. The second-order valence-corrected chi connectivity index (χ2v) is 5.74. The average molecular weight is 248 g/mol. The van der Waals surface area contributed by atoms with Crippen molar-refractivity contribution in [1.29, 1.82) is 0 Å². The largest absolute Gasteiger partial charge is 0.315 e. The lowest BCUT2D eigenvalue weighted by Crippen LogP contribution is -2.42. The highest BCUT2D eigenvalue weighted by atomic mass is 15.0. The zero-order chi connectivity index (χ0) is 13.4. The van der Waals surface area contributed by atoms with Gasteiger partial charge in [0.2, 0.25) is 0 Å². The smallest absolute Gasteiger partial charge is 0.0164 e. The molecule has 0 amide bonds. The Labute approximate surface area is 112 Å². The van der Waals surface area contributed by atoms with Gasteiger partial charge < -0.3 is 10.6 Å². The monoisotopic (exact) mass is 248 g/mol. The van der Waals surface area contributed by atoms with Crippen molar-refractivity contribution >= 4 is 0 Å². The molecule has 1 rings (SSSR count). The van der Waals surface area contributed by atoms with E-state index in [1.807, 2.05) is 0 Å². The fourth-order valence-corrected chi connectivity index (χ4v) is 1.99. The van der Waals surface area contributed by atoms with Crippen LogP contribution < -0.4 is 10.6 Å². The Morgan fingerprint density at radius 3 is 2.44 bits per heavy atom. The fourth-order valence-electron chi connectivity index (χ4n) is 1.99. The Morgan fingerprint density at radius 1 is 1.17 bits per heavy atom. The lowest BCUT2D eigenvalue weighted by atomic mass is 9.84. The first kappa shape index (κ1) is 15.2. The van der Waals surface area contributed by atoms with Crippen molar-refractivity contribution in [2.24, 2.45) is 0 Å². The molecular weight excluding hydrogens is 220 g/mol. The van der Waals surface area contributed by atoms with Crippen LogP contribution >= 0.6 is 0 Å². The first-order valence-electron chi connectivity index (χ1n) is 7.06. The van der Waals surface area contributed by atoms with E-state index in [4.69, 9.17) is 0 Å². The molecule has 2 heteroatoms. The Balaban J connectivity index is 2.37. The van der Waals surface area contributed by atoms with Crippen LogP contribution in [-0.2, 0) is 5.41 Å². The molecule has 0 radical (unpaired) electrons. The van der Waals surface area contributed by atoms with Gasteiger partial charge in [-0.05, 0) is 25.5 Å². The van der Waals surface area contributed by atoms with Gasteiger partial charge in [-0.15, -0.1) is 0 Å². The van der Waals surface area contributed by atoms with Crippen LogP contribution in [0, 0.1) is 0 Å². The van der Waals surface area contributed by atoms with Crippen molar-refractivity contribution in [3.63, 3.8) is 0 Å². The maximum absolute atomic E-state index is 3.62. The highest BCUT2D eigenvalue weighted by Gasteiger charge is 2.20. The van der Waals surface area contributed by atoms with Gasteiger partial charge in [-0.2, -0.15) is 0 Å². The van der Waals surface area contributed by atoms with Crippen molar-refractivity contribution in [3.05, 3.63) is 35.9 Å². The molecule has 0 heterocycles. The third kappa shape index (κ3) is 5.19. The van der Waals surface area contributed by atoms with Crippen molar-refractivity contribution in [1.82, 2.24) is 10.6 Å². The SMILES string of the molecule is CCCNCC(C)NCC(C)(C)c1ccccc1. The molecule has 2 nitrogen and oxygen atoms in total. The lowest BCUT2D eigenvalue weighted by molar-refractivity contribution is 0.417. The van der Waals surface area contributed by atoms with Crippen molar-refractivity contribution in [2.75, 3.05) is 19.6 Å². The summed E-state index contributed by atoms with van der Waals surface area (Å²) in [5.74, 6) is 0. The van der Waals surface area contributed by atoms with E-state index in [0.29, 0.717) is 6.04 Å². The molecule has 1 unspecified atom stereocenters. The van der Waals surface area contributed by atoms with E-state index in [2.05, 4.69) is 68.7 Å². The van der Waals surface area contributed by atoms with Gasteiger partial charge in [0.05, 0.1) is 0 Å². The quantitative estimate of drug-likeness (QED) is 0.691. The normalized spacial score (nSPS) is 13.6. The van der Waals surface area contributed by atoms with Gasteiger partial charge in [0.25, 0.3) is 0 Å². The van der Waals surface area contributed by atoms with Gasteiger partial charge in [-0.25, -0.2) is 0 Å². The van der Waals surface area contributed by atoms with Gasteiger partial charge in [0.15, 0.2) is 0 Å². The van der Waals surface area contributed by atoms with Crippen molar-refractivity contribution in [2.45, 2.75) is 45.6 Å². The topological polar surface area (TPSA) is 24.1 Å². The molecule has 1 aromatic carbocycles. The summed E-state index contributed by atoms with van der Waals surface area (Å²) >= 11 is 0. The molecule has 0 aliphatic heterocycles. The molecule has 1 aromatic rings. The van der Waals surface area contributed by atoms with Gasteiger partial charge >= 0.3 is 0 Å². The third-order valence-corrected chi connectivity index (χ3v) is 3.33. The van der Waals surface area contributed by atoms with Crippen LogP contribution in [0.1, 0.15) is 39.7 Å². The van der Waals surface area contributed by atoms with E-state index in [9.17, 15) is 0 Å². The summed E-state index contributed by atoms with van der Waals surface area (Å²) < 4.78 is 0. The van der Waals surface area contributed by atoms with Crippen LogP contribution in [0.2, 0.25) is 0 Å². The first-order chi connectivity index (χ1) is 8.56. The maximum Gasteiger partial charge on any atom is 0.0164 e. The van der Waals surface area contributed by atoms with Crippen molar-refractivity contribution < 1.29 is 0 Å². The highest BCUT2D eigenvalue weighted by Crippen LogP contribution is 2.21. The standard InChI is InChI=1S/C16H28N2/c1-5-11-17-12-14(2)18-13-16(3,4)15-9-7-6-8-10-15/h6-10,14,17-18H,5,11-13H2,1-4H3. The minimum Gasteiger partial charge on any atom is -0.315 e. The van der Waals surface area contributed by atoms with Crippen LogP contribution in [0.25, 0.3) is 0 Å².